The number of fused-ring (bicyclic) bond motifs is 1. The Balaban J connectivity index is 1.98. The van der Waals surface area contributed by atoms with Gasteiger partial charge in [0.1, 0.15) is 18.1 Å². The predicted molar refractivity (Wildman–Crippen MR) is 103 cm³/mol. The molecule has 7 N–H and O–H groups in total. The first-order valence-electron chi connectivity index (χ1n) is 8.88. The summed E-state index contributed by atoms with van der Waals surface area (Å²) < 4.78 is 0. The molecule has 1 aliphatic rings. The van der Waals surface area contributed by atoms with Crippen molar-refractivity contribution in [1.29, 1.82) is 5.41 Å². The van der Waals surface area contributed by atoms with Gasteiger partial charge in [-0.2, -0.15) is 0 Å². The maximum absolute atomic E-state index is 12.5. The summed E-state index contributed by atoms with van der Waals surface area (Å²) in [4.78, 5) is 23.7. The van der Waals surface area contributed by atoms with Crippen molar-refractivity contribution in [2.75, 3.05) is 0 Å². The number of amidine groups is 1. The monoisotopic (exact) mass is 382 g/mol. The fourth-order valence-electron chi connectivity index (χ4n) is 3.38. The summed E-state index contributed by atoms with van der Waals surface area (Å²) in [6.07, 6.45) is -0.666. The van der Waals surface area contributed by atoms with Crippen LogP contribution in [0, 0.1) is 5.41 Å². The molecule has 0 spiro atoms. The van der Waals surface area contributed by atoms with Crippen LogP contribution < -0.4 is 16.4 Å². The molecule has 0 saturated carbocycles. The lowest BCUT2D eigenvalue weighted by Gasteiger charge is -2.17. The molecule has 1 aliphatic heterocycles. The smallest absolute Gasteiger partial charge is 0.326 e. The first-order valence-corrected chi connectivity index (χ1v) is 8.88. The van der Waals surface area contributed by atoms with E-state index in [1.54, 1.807) is 43.3 Å². The average molecular weight is 382 g/mol. The molecule has 2 aromatic carbocycles. The molecule has 1 heterocycles. The van der Waals surface area contributed by atoms with Gasteiger partial charge in [-0.1, -0.05) is 37.3 Å². The lowest BCUT2D eigenvalue weighted by Crippen LogP contribution is -2.40. The molecule has 3 rings (SSSR count). The number of carbonyl (C=O) groups is 2. The Morgan fingerprint density at radius 3 is 2.57 bits per heavy atom. The Kier molecular flexibility index (Phi) is 5.43. The molecule has 2 aromatic rings. The number of aliphatic carboxylic acids is 1. The Hall–Kier alpha value is -3.23. The highest BCUT2D eigenvalue weighted by molar-refractivity contribution is 5.98. The van der Waals surface area contributed by atoms with Gasteiger partial charge in [0.15, 0.2) is 0 Å². The zero-order chi connectivity index (χ0) is 20.4. The predicted octanol–water partition coefficient (Wildman–Crippen LogP) is 1.25. The molecule has 146 valence electrons. The number of carbonyl (C=O) groups excluding carboxylic acids is 1. The summed E-state index contributed by atoms with van der Waals surface area (Å²) in [7, 11) is 0. The van der Waals surface area contributed by atoms with Crippen LogP contribution >= 0.6 is 0 Å². The summed E-state index contributed by atoms with van der Waals surface area (Å²) in [6.45, 7) is 1.68. The highest BCUT2D eigenvalue weighted by atomic mass is 16.4. The third-order valence-corrected chi connectivity index (χ3v) is 4.85. The maximum Gasteiger partial charge on any atom is 0.326 e. The molecule has 3 unspecified atom stereocenters. The Morgan fingerprint density at radius 2 is 1.93 bits per heavy atom. The molecule has 0 aliphatic carbocycles. The second kappa shape index (κ2) is 7.79. The standard InChI is InChI=1S/C20H22N4O4/c1-2-15(20(27)28)23-18(25)10-7-8-13-14(9-10)16(24-19(13)26)11-5-3-4-6-12(11)17(21)22/h3-9,15-16,19,24,26H,2H2,1H3,(H3,21,22)(H,23,25)(H,27,28). The quantitative estimate of drug-likeness (QED) is 0.327. The number of aliphatic hydroxyl groups excluding tert-OH is 1. The number of carboxylic acids is 1. The van der Waals surface area contributed by atoms with Crippen LogP contribution in [0.5, 0.6) is 0 Å². The van der Waals surface area contributed by atoms with Crippen molar-refractivity contribution >= 4 is 17.7 Å². The molecule has 0 bridgehead atoms. The van der Waals surface area contributed by atoms with Gasteiger partial charge in [0.2, 0.25) is 0 Å². The van der Waals surface area contributed by atoms with Gasteiger partial charge in [-0.25, -0.2) is 4.79 Å². The fraction of sp³-hybridized carbons (Fsp3) is 0.250. The van der Waals surface area contributed by atoms with Crippen LogP contribution in [0.15, 0.2) is 42.5 Å². The van der Waals surface area contributed by atoms with E-state index < -0.39 is 30.2 Å². The van der Waals surface area contributed by atoms with Crippen molar-refractivity contribution in [1.82, 2.24) is 10.6 Å². The number of nitrogens with one attached hydrogen (secondary N) is 3. The minimum Gasteiger partial charge on any atom is -0.480 e. The minimum atomic E-state index is -1.10. The third kappa shape index (κ3) is 3.60. The van der Waals surface area contributed by atoms with Gasteiger partial charge >= 0.3 is 5.97 Å². The normalized spacial score (nSPS) is 18.9. The highest BCUT2D eigenvalue weighted by Gasteiger charge is 2.32. The molecule has 3 atom stereocenters. The summed E-state index contributed by atoms with van der Waals surface area (Å²) in [5.41, 5.74) is 8.52. The van der Waals surface area contributed by atoms with Crippen LogP contribution in [0.3, 0.4) is 0 Å². The van der Waals surface area contributed by atoms with E-state index in [9.17, 15) is 14.7 Å². The van der Waals surface area contributed by atoms with Crippen LogP contribution in [0.1, 0.15) is 58.2 Å². The Morgan fingerprint density at radius 1 is 1.21 bits per heavy atom. The number of aliphatic hydroxyl groups is 1. The van der Waals surface area contributed by atoms with Crippen molar-refractivity contribution in [3.05, 3.63) is 70.3 Å². The zero-order valence-electron chi connectivity index (χ0n) is 15.3. The summed E-state index contributed by atoms with van der Waals surface area (Å²) in [6, 6.07) is 10.5. The maximum atomic E-state index is 12.5. The van der Waals surface area contributed by atoms with Crippen LogP contribution in [0.25, 0.3) is 0 Å². The van der Waals surface area contributed by atoms with E-state index in [2.05, 4.69) is 10.6 Å². The second-order valence-electron chi connectivity index (χ2n) is 6.62. The first-order chi connectivity index (χ1) is 13.3. The lowest BCUT2D eigenvalue weighted by molar-refractivity contribution is -0.139. The minimum absolute atomic E-state index is 0.0958. The number of rotatable bonds is 6. The van der Waals surface area contributed by atoms with E-state index in [0.29, 0.717) is 27.8 Å². The molecule has 0 fully saturated rings. The first kappa shape index (κ1) is 19.5. The molecule has 0 radical (unpaired) electrons. The number of carboxylic acid groups (broad SMARTS) is 1. The molecule has 0 aromatic heterocycles. The van der Waals surface area contributed by atoms with Gasteiger partial charge in [0, 0.05) is 16.7 Å². The van der Waals surface area contributed by atoms with Gasteiger partial charge in [-0.15, -0.1) is 0 Å². The highest BCUT2D eigenvalue weighted by Crippen LogP contribution is 2.37. The molecule has 8 nitrogen and oxygen atoms in total. The number of benzene rings is 2. The molecular weight excluding hydrogens is 360 g/mol. The number of hydrogen-bond acceptors (Lipinski definition) is 5. The van der Waals surface area contributed by atoms with Crippen molar-refractivity contribution in [3.8, 4) is 0 Å². The van der Waals surface area contributed by atoms with Gasteiger partial charge in [0.05, 0.1) is 6.04 Å². The van der Waals surface area contributed by atoms with E-state index in [1.165, 1.54) is 0 Å². The summed E-state index contributed by atoms with van der Waals surface area (Å²) >= 11 is 0. The van der Waals surface area contributed by atoms with Crippen LogP contribution in [0.4, 0.5) is 0 Å². The fourth-order valence-corrected chi connectivity index (χ4v) is 3.38. The van der Waals surface area contributed by atoms with Gasteiger partial charge in [-0.3, -0.25) is 15.5 Å². The van der Waals surface area contributed by atoms with Gasteiger partial charge < -0.3 is 21.3 Å². The summed E-state index contributed by atoms with van der Waals surface area (Å²) in [5, 5.41) is 32.8. The number of nitrogen functional groups attached to an aromatic ring is 1. The molecule has 28 heavy (non-hydrogen) atoms. The molecule has 1 amide bonds. The molecular formula is C20H22N4O4. The van der Waals surface area contributed by atoms with Crippen LogP contribution in [-0.4, -0.2) is 34.0 Å². The largest absolute Gasteiger partial charge is 0.480 e. The molecule has 8 heteroatoms. The topological polar surface area (TPSA) is 149 Å². The van der Waals surface area contributed by atoms with Crippen molar-refractivity contribution in [3.63, 3.8) is 0 Å². The number of nitrogens with two attached hydrogens (primary N) is 1. The van der Waals surface area contributed by atoms with Crippen LogP contribution in [0.2, 0.25) is 0 Å². The summed E-state index contributed by atoms with van der Waals surface area (Å²) in [5.74, 6) is -1.69. The van der Waals surface area contributed by atoms with E-state index >= 15 is 0 Å². The van der Waals surface area contributed by atoms with E-state index in [4.69, 9.17) is 16.2 Å². The second-order valence-corrected chi connectivity index (χ2v) is 6.62. The van der Waals surface area contributed by atoms with Gasteiger partial charge in [0.25, 0.3) is 5.91 Å². The van der Waals surface area contributed by atoms with Crippen LogP contribution in [-0.2, 0) is 4.79 Å². The average Bonchev–Trinajstić information content (AvgIpc) is 3.01. The zero-order valence-corrected chi connectivity index (χ0v) is 15.3. The Bertz CT molecular complexity index is 944. The SMILES string of the molecule is CCC(NC(=O)c1ccc2c(c1)C(c1ccccc1C(=N)N)NC2O)C(=O)O. The Labute approximate surface area is 161 Å². The van der Waals surface area contributed by atoms with Crippen molar-refractivity contribution < 1.29 is 19.8 Å². The lowest BCUT2D eigenvalue weighted by atomic mass is 9.92. The number of amides is 1. The van der Waals surface area contributed by atoms with E-state index in [0.717, 1.165) is 0 Å². The van der Waals surface area contributed by atoms with Crippen molar-refractivity contribution in [2.45, 2.75) is 31.7 Å². The van der Waals surface area contributed by atoms with Crippen molar-refractivity contribution in [2.24, 2.45) is 5.73 Å². The van der Waals surface area contributed by atoms with E-state index in [-0.39, 0.29) is 12.3 Å². The van der Waals surface area contributed by atoms with Gasteiger partial charge in [-0.05, 0) is 29.7 Å². The molecule has 0 saturated heterocycles. The third-order valence-electron chi connectivity index (χ3n) is 4.85. The van der Waals surface area contributed by atoms with E-state index in [1.807, 2.05) is 6.07 Å². The number of hydrogen-bond donors (Lipinski definition) is 6.